The second kappa shape index (κ2) is 10.1. The van der Waals surface area contributed by atoms with E-state index in [0.717, 1.165) is 54.0 Å². The van der Waals surface area contributed by atoms with Crippen LogP contribution in [0.2, 0.25) is 0 Å². The van der Waals surface area contributed by atoms with Crippen molar-refractivity contribution in [3.63, 3.8) is 0 Å². The zero-order chi connectivity index (χ0) is 21.7. The lowest BCUT2D eigenvalue weighted by molar-refractivity contribution is 0.102. The van der Waals surface area contributed by atoms with E-state index in [1.54, 1.807) is 6.07 Å². The number of nitrogens with one attached hydrogen (secondary N) is 1. The fourth-order valence-corrected chi connectivity index (χ4v) is 4.63. The molecule has 0 aliphatic heterocycles. The normalized spacial score (nSPS) is 14.7. The van der Waals surface area contributed by atoms with Crippen molar-refractivity contribution in [2.24, 2.45) is 5.92 Å². The maximum Gasteiger partial charge on any atom is 0.261 e. The predicted molar refractivity (Wildman–Crippen MR) is 124 cm³/mol. The first-order chi connectivity index (χ1) is 14.4. The second-order valence-electron chi connectivity index (χ2n) is 8.89. The van der Waals surface area contributed by atoms with Crippen molar-refractivity contribution < 1.29 is 4.79 Å². The van der Waals surface area contributed by atoms with Crippen molar-refractivity contribution in [2.75, 3.05) is 5.32 Å². The molecule has 162 valence electrons. The van der Waals surface area contributed by atoms with Gasteiger partial charge in [0.15, 0.2) is 5.43 Å². The quantitative estimate of drug-likeness (QED) is 0.615. The van der Waals surface area contributed by atoms with Crippen molar-refractivity contribution in [1.29, 1.82) is 0 Å². The summed E-state index contributed by atoms with van der Waals surface area (Å²) in [7, 11) is 0. The largest absolute Gasteiger partial charge is 0.348 e. The molecular weight excluding hydrogens is 372 g/mol. The van der Waals surface area contributed by atoms with Crippen LogP contribution >= 0.6 is 0 Å². The van der Waals surface area contributed by atoms with Gasteiger partial charge in [-0.05, 0) is 69.6 Å². The van der Waals surface area contributed by atoms with Crippen LogP contribution in [0.4, 0.5) is 5.69 Å². The third-order valence-electron chi connectivity index (χ3n) is 6.64. The summed E-state index contributed by atoms with van der Waals surface area (Å²) in [5.74, 6) is 0.354. The smallest absolute Gasteiger partial charge is 0.261 e. The van der Waals surface area contributed by atoms with E-state index in [1.165, 1.54) is 32.1 Å². The van der Waals surface area contributed by atoms with Gasteiger partial charge in [0, 0.05) is 29.7 Å². The van der Waals surface area contributed by atoms with E-state index < -0.39 is 0 Å². The Labute approximate surface area is 180 Å². The van der Waals surface area contributed by atoms with Gasteiger partial charge in [0.25, 0.3) is 5.91 Å². The zero-order valence-corrected chi connectivity index (χ0v) is 19.0. The lowest BCUT2D eigenvalue weighted by Gasteiger charge is -2.27. The number of unbranched alkanes of at least 4 members (excludes halogenated alkanes) is 1. The number of hydrogen-bond donors (Lipinski definition) is 1. The van der Waals surface area contributed by atoms with E-state index in [-0.39, 0.29) is 11.3 Å². The summed E-state index contributed by atoms with van der Waals surface area (Å²) < 4.78 is 2.27. The molecule has 1 fully saturated rings. The number of amides is 1. The van der Waals surface area contributed by atoms with E-state index in [1.807, 2.05) is 39.0 Å². The minimum Gasteiger partial charge on any atom is -0.348 e. The molecule has 0 saturated heterocycles. The first kappa shape index (κ1) is 22.3. The Hall–Kier alpha value is -2.36. The molecule has 1 saturated carbocycles. The summed E-state index contributed by atoms with van der Waals surface area (Å²) in [6.07, 6.45) is 9.14. The number of pyridine rings is 1. The predicted octanol–water partition coefficient (Wildman–Crippen LogP) is 5.95. The van der Waals surface area contributed by atoms with E-state index in [0.29, 0.717) is 11.5 Å². The number of aromatic nitrogens is 1. The highest BCUT2D eigenvalue weighted by Gasteiger charge is 2.23. The van der Waals surface area contributed by atoms with Crippen molar-refractivity contribution in [2.45, 2.75) is 85.6 Å². The van der Waals surface area contributed by atoms with Gasteiger partial charge < -0.3 is 9.88 Å². The third kappa shape index (κ3) is 5.03. The summed E-state index contributed by atoms with van der Waals surface area (Å²) in [6.45, 7) is 9.09. The Morgan fingerprint density at radius 1 is 1.13 bits per heavy atom. The van der Waals surface area contributed by atoms with Gasteiger partial charge in [0.2, 0.25) is 0 Å². The highest BCUT2D eigenvalue weighted by atomic mass is 16.2. The number of rotatable bonds is 7. The fourth-order valence-electron chi connectivity index (χ4n) is 4.63. The standard InChI is InChI=1S/C26H36N2O2/c1-5-6-15-23-25(26(30)27-22-14-10-11-18(2)20(22)4)24(29)16-19(3)28(23)17-21-12-8-7-9-13-21/h10-11,14,16,21H,5-9,12-13,15,17H2,1-4H3,(H,27,30). The number of carbonyl (C=O) groups excluding carboxylic acids is 1. The average Bonchev–Trinajstić information content (AvgIpc) is 2.72. The summed E-state index contributed by atoms with van der Waals surface area (Å²) in [5.41, 5.74) is 4.98. The molecular formula is C26H36N2O2. The van der Waals surface area contributed by atoms with Crippen LogP contribution in [0.3, 0.4) is 0 Å². The monoisotopic (exact) mass is 408 g/mol. The summed E-state index contributed by atoms with van der Waals surface area (Å²) >= 11 is 0. The Morgan fingerprint density at radius 2 is 1.87 bits per heavy atom. The van der Waals surface area contributed by atoms with Gasteiger partial charge in [-0.15, -0.1) is 0 Å². The van der Waals surface area contributed by atoms with Gasteiger partial charge in [-0.3, -0.25) is 9.59 Å². The second-order valence-corrected chi connectivity index (χ2v) is 8.89. The maximum absolute atomic E-state index is 13.3. The topological polar surface area (TPSA) is 51.1 Å². The molecule has 0 bridgehead atoms. The van der Waals surface area contributed by atoms with Gasteiger partial charge >= 0.3 is 0 Å². The van der Waals surface area contributed by atoms with E-state index >= 15 is 0 Å². The molecule has 0 radical (unpaired) electrons. The number of carbonyl (C=O) groups is 1. The summed E-state index contributed by atoms with van der Waals surface area (Å²) in [4.78, 5) is 26.3. The Bertz CT molecular complexity index is 952. The Kier molecular flexibility index (Phi) is 7.52. The molecule has 30 heavy (non-hydrogen) atoms. The summed E-state index contributed by atoms with van der Waals surface area (Å²) in [6, 6.07) is 7.52. The van der Waals surface area contributed by atoms with Crippen LogP contribution in [0.15, 0.2) is 29.1 Å². The molecule has 4 heteroatoms. The number of hydrogen-bond acceptors (Lipinski definition) is 2. The van der Waals surface area contributed by atoms with Gasteiger partial charge in [-0.2, -0.15) is 0 Å². The molecule has 3 rings (SSSR count). The molecule has 1 N–H and O–H groups in total. The van der Waals surface area contributed by atoms with Crippen molar-refractivity contribution in [1.82, 2.24) is 4.57 Å². The highest BCUT2D eigenvalue weighted by Crippen LogP contribution is 2.27. The highest BCUT2D eigenvalue weighted by molar-refractivity contribution is 6.05. The molecule has 0 unspecified atom stereocenters. The molecule has 2 aromatic rings. The van der Waals surface area contributed by atoms with Crippen LogP contribution in [0.1, 0.15) is 84.7 Å². The Morgan fingerprint density at radius 3 is 2.57 bits per heavy atom. The van der Waals surface area contributed by atoms with Crippen LogP contribution in [0.25, 0.3) is 0 Å². The first-order valence-corrected chi connectivity index (χ1v) is 11.5. The number of benzene rings is 1. The number of aryl methyl sites for hydroxylation is 2. The first-order valence-electron chi connectivity index (χ1n) is 11.5. The average molecular weight is 409 g/mol. The minimum absolute atomic E-state index is 0.165. The lowest BCUT2D eigenvalue weighted by Crippen LogP contribution is -2.30. The molecule has 1 aliphatic carbocycles. The zero-order valence-electron chi connectivity index (χ0n) is 19.0. The van der Waals surface area contributed by atoms with Crippen molar-refractivity contribution >= 4 is 11.6 Å². The van der Waals surface area contributed by atoms with Crippen LogP contribution < -0.4 is 10.7 Å². The Balaban J connectivity index is 2.00. The van der Waals surface area contributed by atoms with Crippen LogP contribution in [0, 0.1) is 26.7 Å². The van der Waals surface area contributed by atoms with Gasteiger partial charge in [-0.25, -0.2) is 0 Å². The summed E-state index contributed by atoms with van der Waals surface area (Å²) in [5, 5.41) is 3.02. The van der Waals surface area contributed by atoms with E-state index in [2.05, 4.69) is 16.8 Å². The molecule has 4 nitrogen and oxygen atoms in total. The molecule has 0 spiro atoms. The molecule has 1 heterocycles. The van der Waals surface area contributed by atoms with Gasteiger partial charge in [-0.1, -0.05) is 44.7 Å². The number of anilines is 1. The SMILES string of the molecule is CCCCc1c(C(=O)Nc2cccc(C)c2C)c(=O)cc(C)n1CC1CCCCC1. The lowest BCUT2D eigenvalue weighted by atomic mass is 9.89. The minimum atomic E-state index is -0.280. The fraction of sp³-hybridized carbons (Fsp3) is 0.538. The maximum atomic E-state index is 13.3. The number of nitrogens with zero attached hydrogens (tertiary/aromatic N) is 1. The van der Waals surface area contributed by atoms with Crippen molar-refractivity contribution in [3.05, 3.63) is 62.6 Å². The van der Waals surface area contributed by atoms with E-state index in [4.69, 9.17) is 0 Å². The molecule has 1 amide bonds. The van der Waals surface area contributed by atoms with Crippen LogP contribution in [-0.4, -0.2) is 10.5 Å². The molecule has 1 aromatic heterocycles. The van der Waals surface area contributed by atoms with Crippen molar-refractivity contribution in [3.8, 4) is 0 Å². The van der Waals surface area contributed by atoms with Gasteiger partial charge in [0.05, 0.1) is 0 Å². The molecule has 1 aromatic carbocycles. The van der Waals surface area contributed by atoms with Gasteiger partial charge in [0.1, 0.15) is 5.56 Å². The van der Waals surface area contributed by atoms with Crippen LogP contribution in [-0.2, 0) is 13.0 Å². The van der Waals surface area contributed by atoms with Crippen LogP contribution in [0.5, 0.6) is 0 Å². The third-order valence-corrected chi connectivity index (χ3v) is 6.64. The molecule has 0 atom stereocenters. The van der Waals surface area contributed by atoms with E-state index in [9.17, 15) is 9.59 Å². The molecule has 1 aliphatic rings.